The highest BCUT2D eigenvalue weighted by Crippen LogP contribution is 2.25. The molecule has 1 aliphatic rings. The lowest BCUT2D eigenvalue weighted by Gasteiger charge is -2.32. The molecule has 28 heavy (non-hydrogen) atoms. The van der Waals surface area contributed by atoms with Gasteiger partial charge in [0.25, 0.3) is 0 Å². The minimum atomic E-state index is -0.770. The SMILES string of the molecule is Cc1ccc(COc2ccc(C3CN(CCC(=O)O)CCO3)cc2)c(Cl)c1.Cl. The van der Waals surface area contributed by atoms with Crippen LogP contribution in [0.15, 0.2) is 42.5 Å². The van der Waals surface area contributed by atoms with Crippen LogP contribution in [0.5, 0.6) is 5.75 Å². The second kappa shape index (κ2) is 10.7. The number of hydrogen-bond acceptors (Lipinski definition) is 4. The van der Waals surface area contributed by atoms with Gasteiger partial charge in [-0.3, -0.25) is 9.69 Å². The molecule has 1 atom stereocenters. The predicted molar refractivity (Wildman–Crippen MR) is 112 cm³/mol. The highest BCUT2D eigenvalue weighted by Gasteiger charge is 2.22. The van der Waals surface area contributed by atoms with E-state index in [4.69, 9.17) is 26.2 Å². The van der Waals surface area contributed by atoms with Crippen molar-refractivity contribution < 1.29 is 19.4 Å². The summed E-state index contributed by atoms with van der Waals surface area (Å²) >= 11 is 6.24. The second-order valence-electron chi connectivity index (χ2n) is 6.76. The zero-order valence-electron chi connectivity index (χ0n) is 15.8. The number of carboxylic acids is 1. The Labute approximate surface area is 176 Å². The van der Waals surface area contributed by atoms with Crippen molar-refractivity contribution in [3.63, 3.8) is 0 Å². The van der Waals surface area contributed by atoms with Gasteiger partial charge in [-0.15, -0.1) is 12.4 Å². The first kappa shape index (κ1) is 22.5. The molecule has 3 rings (SSSR count). The fraction of sp³-hybridized carbons (Fsp3) is 0.381. The average Bonchev–Trinajstić information content (AvgIpc) is 2.66. The first-order valence-corrected chi connectivity index (χ1v) is 9.42. The molecule has 1 heterocycles. The first-order valence-electron chi connectivity index (χ1n) is 9.05. The summed E-state index contributed by atoms with van der Waals surface area (Å²) in [6.45, 7) is 5.05. The van der Waals surface area contributed by atoms with Crippen LogP contribution in [0.4, 0.5) is 0 Å². The highest BCUT2D eigenvalue weighted by molar-refractivity contribution is 6.31. The number of carboxylic acid groups (broad SMARTS) is 1. The fourth-order valence-corrected chi connectivity index (χ4v) is 3.36. The number of halogens is 2. The normalized spacial score (nSPS) is 17.0. The minimum absolute atomic E-state index is 0. The van der Waals surface area contributed by atoms with Gasteiger partial charge < -0.3 is 14.6 Å². The molecule has 2 aromatic carbocycles. The quantitative estimate of drug-likeness (QED) is 0.707. The molecule has 0 bridgehead atoms. The molecule has 7 heteroatoms. The van der Waals surface area contributed by atoms with E-state index in [0.717, 1.165) is 29.0 Å². The van der Waals surface area contributed by atoms with Crippen LogP contribution in [-0.2, 0) is 16.1 Å². The van der Waals surface area contributed by atoms with E-state index in [2.05, 4.69) is 4.90 Å². The van der Waals surface area contributed by atoms with Gasteiger partial charge in [0.05, 0.1) is 19.1 Å². The fourth-order valence-electron chi connectivity index (χ4n) is 3.07. The average molecular weight is 426 g/mol. The van der Waals surface area contributed by atoms with E-state index in [9.17, 15) is 4.79 Å². The van der Waals surface area contributed by atoms with Gasteiger partial charge in [-0.1, -0.05) is 35.9 Å². The number of benzene rings is 2. The van der Waals surface area contributed by atoms with Crippen LogP contribution in [0.1, 0.15) is 29.2 Å². The Morgan fingerprint density at radius 2 is 2.04 bits per heavy atom. The van der Waals surface area contributed by atoms with Gasteiger partial charge in [-0.05, 0) is 36.2 Å². The van der Waals surface area contributed by atoms with E-state index in [-0.39, 0.29) is 24.9 Å². The number of aryl methyl sites for hydroxylation is 1. The van der Waals surface area contributed by atoms with Gasteiger partial charge in [0.1, 0.15) is 12.4 Å². The smallest absolute Gasteiger partial charge is 0.304 e. The van der Waals surface area contributed by atoms with E-state index < -0.39 is 5.97 Å². The Morgan fingerprint density at radius 3 is 2.71 bits per heavy atom. The minimum Gasteiger partial charge on any atom is -0.489 e. The maximum atomic E-state index is 10.8. The third-order valence-corrected chi connectivity index (χ3v) is 5.00. The number of carbonyl (C=O) groups is 1. The topological polar surface area (TPSA) is 59.0 Å². The summed E-state index contributed by atoms with van der Waals surface area (Å²) in [4.78, 5) is 12.9. The molecule has 1 N–H and O–H groups in total. The molecule has 0 spiro atoms. The number of aliphatic carboxylic acids is 1. The molecular weight excluding hydrogens is 401 g/mol. The molecular formula is C21H25Cl2NO4. The lowest BCUT2D eigenvalue weighted by molar-refractivity contribution is -0.137. The number of morpholine rings is 1. The van der Waals surface area contributed by atoms with Crippen molar-refractivity contribution in [1.82, 2.24) is 4.90 Å². The van der Waals surface area contributed by atoms with Crippen LogP contribution in [0.3, 0.4) is 0 Å². The molecule has 5 nitrogen and oxygen atoms in total. The van der Waals surface area contributed by atoms with Gasteiger partial charge >= 0.3 is 5.97 Å². The molecule has 0 aliphatic carbocycles. The Balaban J connectivity index is 0.00000280. The van der Waals surface area contributed by atoms with Crippen molar-refractivity contribution >= 4 is 30.0 Å². The standard InChI is InChI=1S/C21H24ClNO4.ClH/c1-15-2-3-17(19(22)12-15)14-27-18-6-4-16(5-7-18)20-13-23(10-11-26-20)9-8-21(24)25;/h2-7,12,20H,8-11,13-14H2,1H3,(H,24,25);1H. The van der Waals surface area contributed by atoms with Crippen LogP contribution in [-0.4, -0.2) is 42.2 Å². The maximum Gasteiger partial charge on any atom is 0.304 e. The van der Waals surface area contributed by atoms with Crippen molar-refractivity contribution in [2.75, 3.05) is 26.2 Å². The lowest BCUT2D eigenvalue weighted by atomic mass is 10.1. The highest BCUT2D eigenvalue weighted by atomic mass is 35.5. The number of hydrogen-bond donors (Lipinski definition) is 1. The van der Waals surface area contributed by atoms with Gasteiger partial charge in [0, 0.05) is 30.2 Å². The van der Waals surface area contributed by atoms with Crippen molar-refractivity contribution in [2.45, 2.75) is 26.1 Å². The van der Waals surface area contributed by atoms with Crippen molar-refractivity contribution in [1.29, 1.82) is 0 Å². The van der Waals surface area contributed by atoms with E-state index >= 15 is 0 Å². The number of nitrogens with zero attached hydrogens (tertiary/aromatic N) is 1. The Morgan fingerprint density at radius 1 is 1.29 bits per heavy atom. The summed E-state index contributed by atoms with van der Waals surface area (Å²) in [5.74, 6) is 0.00200. The number of ether oxygens (including phenoxy) is 2. The Kier molecular flexibility index (Phi) is 8.58. The molecule has 1 fully saturated rings. The third-order valence-electron chi connectivity index (χ3n) is 4.65. The van der Waals surface area contributed by atoms with Crippen LogP contribution >= 0.6 is 24.0 Å². The van der Waals surface area contributed by atoms with Crippen molar-refractivity contribution in [3.05, 3.63) is 64.2 Å². The Hall–Kier alpha value is -1.79. The summed E-state index contributed by atoms with van der Waals surface area (Å²) < 4.78 is 11.7. The van der Waals surface area contributed by atoms with Gasteiger partial charge in [0.2, 0.25) is 0 Å². The molecule has 2 aromatic rings. The van der Waals surface area contributed by atoms with Crippen molar-refractivity contribution in [3.8, 4) is 5.75 Å². The molecule has 1 saturated heterocycles. The van der Waals surface area contributed by atoms with E-state index in [1.54, 1.807) is 0 Å². The second-order valence-corrected chi connectivity index (χ2v) is 7.16. The molecule has 152 valence electrons. The summed E-state index contributed by atoms with van der Waals surface area (Å²) in [7, 11) is 0. The van der Waals surface area contributed by atoms with Gasteiger partial charge in [0.15, 0.2) is 0 Å². The monoisotopic (exact) mass is 425 g/mol. The van der Waals surface area contributed by atoms with Crippen molar-refractivity contribution in [2.24, 2.45) is 0 Å². The molecule has 1 unspecified atom stereocenters. The zero-order valence-corrected chi connectivity index (χ0v) is 17.3. The maximum absolute atomic E-state index is 10.8. The van der Waals surface area contributed by atoms with Crippen LogP contribution in [0.25, 0.3) is 0 Å². The summed E-state index contributed by atoms with van der Waals surface area (Å²) in [6, 6.07) is 13.8. The van der Waals surface area contributed by atoms with Gasteiger partial charge in [-0.25, -0.2) is 0 Å². The first-order chi connectivity index (χ1) is 13.0. The Bertz CT molecular complexity index is 782. The van der Waals surface area contributed by atoms with Crippen LogP contribution in [0.2, 0.25) is 5.02 Å². The predicted octanol–water partition coefficient (Wildman–Crippen LogP) is 4.50. The largest absolute Gasteiger partial charge is 0.489 e. The summed E-state index contributed by atoms with van der Waals surface area (Å²) in [5.41, 5.74) is 3.14. The van der Waals surface area contributed by atoms with Crippen LogP contribution in [0, 0.1) is 6.92 Å². The molecule has 0 saturated carbocycles. The van der Waals surface area contributed by atoms with E-state index in [0.29, 0.717) is 31.3 Å². The lowest BCUT2D eigenvalue weighted by Crippen LogP contribution is -2.39. The zero-order chi connectivity index (χ0) is 19.2. The summed E-state index contributed by atoms with van der Waals surface area (Å²) in [6.07, 6.45) is 0.106. The third kappa shape index (κ3) is 6.38. The molecule has 0 radical (unpaired) electrons. The van der Waals surface area contributed by atoms with Gasteiger partial charge in [-0.2, -0.15) is 0 Å². The number of rotatable bonds is 7. The molecule has 1 aliphatic heterocycles. The molecule has 0 aromatic heterocycles. The van der Waals surface area contributed by atoms with E-state index in [1.807, 2.05) is 49.4 Å². The van der Waals surface area contributed by atoms with Crippen LogP contribution < -0.4 is 4.74 Å². The summed E-state index contributed by atoms with van der Waals surface area (Å²) in [5, 5.41) is 9.55. The van der Waals surface area contributed by atoms with E-state index in [1.165, 1.54) is 0 Å². The molecule has 0 amide bonds.